The van der Waals surface area contributed by atoms with Crippen molar-refractivity contribution in [3.63, 3.8) is 0 Å². The summed E-state index contributed by atoms with van der Waals surface area (Å²) in [6, 6.07) is 0. The van der Waals surface area contributed by atoms with Gasteiger partial charge in [-0.25, -0.2) is 0 Å². The predicted molar refractivity (Wildman–Crippen MR) is 68.7 cm³/mol. The van der Waals surface area contributed by atoms with Crippen molar-refractivity contribution < 1.29 is 9.31 Å². The second-order valence-corrected chi connectivity index (χ2v) is 5.50. The van der Waals surface area contributed by atoms with Crippen molar-refractivity contribution in [2.45, 2.75) is 51.5 Å². The maximum absolute atomic E-state index is 6.08. The lowest BCUT2D eigenvalue weighted by atomic mass is 9.67. The van der Waals surface area contributed by atoms with Gasteiger partial charge in [-0.05, 0) is 53.2 Å². The third-order valence-corrected chi connectivity index (χ3v) is 3.56. The highest BCUT2D eigenvalue weighted by molar-refractivity contribution is 6.46. The van der Waals surface area contributed by atoms with E-state index < -0.39 is 0 Å². The topological polar surface area (TPSA) is 21.7 Å². The summed E-state index contributed by atoms with van der Waals surface area (Å²) in [5.41, 5.74) is -0.0866. The van der Waals surface area contributed by atoms with Gasteiger partial charge < -0.3 is 14.2 Å². The fourth-order valence-electron chi connectivity index (χ4n) is 2.16. The summed E-state index contributed by atoms with van der Waals surface area (Å²) in [7, 11) is 3.87. The van der Waals surface area contributed by atoms with Gasteiger partial charge in [-0.3, -0.25) is 0 Å². The van der Waals surface area contributed by atoms with Gasteiger partial charge in [-0.15, -0.1) is 0 Å². The zero-order valence-corrected chi connectivity index (χ0v) is 11.5. The number of likely N-dealkylation sites (tertiary alicyclic amines) is 1. The van der Waals surface area contributed by atoms with E-state index in [1.807, 2.05) is 0 Å². The first-order chi connectivity index (χ1) is 7.48. The van der Waals surface area contributed by atoms with Crippen LogP contribution >= 0.6 is 0 Å². The molecule has 1 atom stereocenters. The van der Waals surface area contributed by atoms with E-state index in [1.54, 1.807) is 7.11 Å². The van der Waals surface area contributed by atoms with Crippen LogP contribution in [0.15, 0.2) is 0 Å². The van der Waals surface area contributed by atoms with Gasteiger partial charge >= 0.3 is 7.12 Å². The van der Waals surface area contributed by atoms with Gasteiger partial charge in [0.15, 0.2) is 0 Å². The number of piperidine rings is 1. The van der Waals surface area contributed by atoms with Crippen molar-refractivity contribution in [2.24, 2.45) is 0 Å². The highest BCUT2D eigenvalue weighted by Crippen LogP contribution is 2.28. The van der Waals surface area contributed by atoms with Crippen LogP contribution in [0.3, 0.4) is 0 Å². The predicted octanol–water partition coefficient (Wildman–Crippen LogP) is 2.42. The Labute approximate surface area is 101 Å². The summed E-state index contributed by atoms with van der Waals surface area (Å²) in [4.78, 5) is 2.36. The molecule has 0 aromatic heterocycles. The van der Waals surface area contributed by atoms with Gasteiger partial charge in [0.05, 0.1) is 0 Å². The van der Waals surface area contributed by atoms with E-state index >= 15 is 0 Å². The summed E-state index contributed by atoms with van der Waals surface area (Å²) in [5, 5.41) is 0. The molecule has 3 nitrogen and oxygen atoms in total. The maximum atomic E-state index is 6.08. The van der Waals surface area contributed by atoms with E-state index in [9.17, 15) is 0 Å². The van der Waals surface area contributed by atoms with Crippen LogP contribution in [0.4, 0.5) is 0 Å². The van der Waals surface area contributed by atoms with Gasteiger partial charge in [0.1, 0.15) is 0 Å². The van der Waals surface area contributed by atoms with Crippen molar-refractivity contribution in [1.82, 2.24) is 4.90 Å². The second kappa shape index (κ2) is 6.03. The molecule has 1 rings (SSSR count). The summed E-state index contributed by atoms with van der Waals surface area (Å²) in [6.45, 7) is 8.69. The molecule has 1 fully saturated rings. The van der Waals surface area contributed by atoms with Gasteiger partial charge in [0.25, 0.3) is 0 Å². The van der Waals surface area contributed by atoms with Crippen LogP contribution in [0, 0.1) is 0 Å². The number of rotatable bonds is 5. The Morgan fingerprint density at radius 3 is 2.62 bits per heavy atom. The first kappa shape index (κ1) is 14.0. The number of nitrogens with zero attached hydrogens (tertiary/aromatic N) is 1. The Morgan fingerprint density at radius 2 is 2.12 bits per heavy atom. The van der Waals surface area contributed by atoms with Gasteiger partial charge in [0, 0.05) is 18.5 Å². The first-order valence-electron chi connectivity index (χ1n) is 6.37. The molecule has 0 aromatic carbocycles. The minimum atomic E-state index is -0.0866. The molecule has 0 saturated carbocycles. The number of hydrogen-bond donors (Lipinski definition) is 0. The van der Waals surface area contributed by atoms with Crippen LogP contribution in [0.25, 0.3) is 0 Å². The smallest absolute Gasteiger partial charge is 0.414 e. The van der Waals surface area contributed by atoms with E-state index in [4.69, 9.17) is 9.31 Å². The van der Waals surface area contributed by atoms with E-state index in [0.29, 0.717) is 5.82 Å². The monoisotopic (exact) mass is 227 g/mol. The maximum Gasteiger partial charge on any atom is 0.461 e. The Balaban J connectivity index is 2.52. The van der Waals surface area contributed by atoms with E-state index in [1.165, 1.54) is 19.4 Å². The lowest BCUT2D eigenvalue weighted by molar-refractivity contribution is 0.0612. The molecule has 1 unspecified atom stereocenters. The van der Waals surface area contributed by atoms with Crippen molar-refractivity contribution in [1.29, 1.82) is 0 Å². The minimum Gasteiger partial charge on any atom is -0.414 e. The molecular weight excluding hydrogens is 201 g/mol. The standard InChI is InChI=1S/C12H26BNO2/c1-6-12(2,3)16-13(15-5)11-8-7-9-14(4)10-11/h11H,6-10H2,1-5H3. The lowest BCUT2D eigenvalue weighted by Gasteiger charge is -2.35. The van der Waals surface area contributed by atoms with E-state index in [-0.39, 0.29) is 12.7 Å². The summed E-state index contributed by atoms with van der Waals surface area (Å²) in [6.07, 6.45) is 3.47. The van der Waals surface area contributed by atoms with Crippen LogP contribution in [0.1, 0.15) is 40.0 Å². The Kier molecular flexibility index (Phi) is 5.28. The highest BCUT2D eigenvalue weighted by Gasteiger charge is 2.36. The van der Waals surface area contributed by atoms with E-state index in [2.05, 4.69) is 32.7 Å². The summed E-state index contributed by atoms with van der Waals surface area (Å²) < 4.78 is 11.6. The normalized spacial score (nSPS) is 23.4. The van der Waals surface area contributed by atoms with Crippen LogP contribution in [-0.2, 0) is 9.31 Å². The Morgan fingerprint density at radius 1 is 1.44 bits per heavy atom. The molecule has 0 bridgehead atoms. The molecule has 0 aromatic rings. The molecule has 1 aliphatic heterocycles. The third kappa shape index (κ3) is 4.08. The second-order valence-electron chi connectivity index (χ2n) is 5.50. The van der Waals surface area contributed by atoms with Gasteiger partial charge in [-0.1, -0.05) is 6.92 Å². The first-order valence-corrected chi connectivity index (χ1v) is 6.37. The molecule has 94 valence electrons. The fourth-order valence-corrected chi connectivity index (χ4v) is 2.16. The van der Waals surface area contributed by atoms with Crippen LogP contribution in [0.2, 0.25) is 5.82 Å². The molecular formula is C12H26BNO2. The summed E-state index contributed by atoms with van der Waals surface area (Å²) >= 11 is 0. The van der Waals surface area contributed by atoms with Crippen molar-refractivity contribution in [3.05, 3.63) is 0 Å². The van der Waals surface area contributed by atoms with E-state index in [0.717, 1.165) is 13.0 Å². The molecule has 1 saturated heterocycles. The van der Waals surface area contributed by atoms with Crippen LogP contribution in [-0.4, -0.2) is 44.9 Å². The molecule has 4 heteroatoms. The quantitative estimate of drug-likeness (QED) is 0.673. The summed E-state index contributed by atoms with van der Waals surface area (Å²) in [5.74, 6) is 0.509. The lowest BCUT2D eigenvalue weighted by Crippen LogP contribution is -2.43. The molecule has 0 aliphatic carbocycles. The Hall–Kier alpha value is -0.0551. The van der Waals surface area contributed by atoms with Crippen molar-refractivity contribution in [3.8, 4) is 0 Å². The molecule has 1 heterocycles. The van der Waals surface area contributed by atoms with Crippen molar-refractivity contribution in [2.75, 3.05) is 27.2 Å². The average molecular weight is 227 g/mol. The molecule has 0 amide bonds. The fraction of sp³-hybridized carbons (Fsp3) is 1.00. The molecule has 0 radical (unpaired) electrons. The van der Waals surface area contributed by atoms with Gasteiger partial charge in [0.2, 0.25) is 0 Å². The third-order valence-electron chi connectivity index (χ3n) is 3.56. The molecule has 0 spiro atoms. The average Bonchev–Trinajstić information content (AvgIpc) is 2.26. The van der Waals surface area contributed by atoms with Crippen LogP contribution < -0.4 is 0 Å². The zero-order chi connectivity index (χ0) is 12.2. The Bertz CT molecular complexity index is 211. The highest BCUT2D eigenvalue weighted by atomic mass is 16.6. The largest absolute Gasteiger partial charge is 0.461 e. The van der Waals surface area contributed by atoms with Crippen molar-refractivity contribution >= 4 is 7.12 Å². The zero-order valence-electron chi connectivity index (χ0n) is 11.5. The minimum absolute atomic E-state index is 0.0577. The van der Waals surface area contributed by atoms with Crippen LogP contribution in [0.5, 0.6) is 0 Å². The molecule has 0 N–H and O–H groups in total. The molecule has 1 aliphatic rings. The number of hydrogen-bond acceptors (Lipinski definition) is 3. The SMILES string of the molecule is CCC(C)(C)OB(OC)C1CCCN(C)C1. The van der Waals surface area contributed by atoms with Gasteiger partial charge in [-0.2, -0.15) is 0 Å². The molecule has 16 heavy (non-hydrogen) atoms.